The molecule has 7 nitrogen and oxygen atoms in total. The minimum atomic E-state index is 0.294. The highest BCUT2D eigenvalue weighted by Gasteiger charge is 2.09. The summed E-state index contributed by atoms with van der Waals surface area (Å²) in [5.41, 5.74) is 8.17. The molecule has 2 aromatic heterocycles. The number of nitriles is 1. The first-order chi connectivity index (χ1) is 10.2. The second kappa shape index (κ2) is 5.02. The Balaban J connectivity index is 2.00. The zero-order chi connectivity index (χ0) is 14.8. The van der Waals surface area contributed by atoms with Crippen LogP contribution in [0.3, 0.4) is 0 Å². The molecule has 2 heterocycles. The van der Waals surface area contributed by atoms with E-state index in [-0.39, 0.29) is 0 Å². The second-order valence-corrected chi connectivity index (χ2v) is 4.44. The number of hydrogen-bond donors (Lipinski definition) is 1. The van der Waals surface area contributed by atoms with E-state index in [2.05, 4.69) is 20.1 Å². The number of aryl methyl sites for hydroxylation is 1. The van der Waals surface area contributed by atoms with Crippen molar-refractivity contribution >= 4 is 5.69 Å². The fourth-order valence-corrected chi connectivity index (χ4v) is 1.84. The van der Waals surface area contributed by atoms with Crippen LogP contribution < -0.4 is 5.73 Å². The van der Waals surface area contributed by atoms with Crippen molar-refractivity contribution in [3.63, 3.8) is 0 Å². The summed E-state index contributed by atoms with van der Waals surface area (Å²) in [5.74, 6) is 0.861. The molecule has 0 aliphatic rings. The Hall–Kier alpha value is -3.27. The zero-order valence-electron chi connectivity index (χ0n) is 11.2. The molecule has 0 radical (unpaired) electrons. The van der Waals surface area contributed by atoms with Crippen molar-refractivity contribution in [3.05, 3.63) is 48.0 Å². The highest BCUT2D eigenvalue weighted by Crippen LogP contribution is 2.16. The van der Waals surface area contributed by atoms with Gasteiger partial charge in [0.15, 0.2) is 5.82 Å². The van der Waals surface area contributed by atoms with Crippen LogP contribution in [-0.4, -0.2) is 24.7 Å². The molecule has 7 heteroatoms. The molecule has 21 heavy (non-hydrogen) atoms. The van der Waals surface area contributed by atoms with E-state index in [0.29, 0.717) is 28.8 Å². The normalized spacial score (nSPS) is 10.3. The first-order valence-corrected chi connectivity index (χ1v) is 6.19. The lowest BCUT2D eigenvalue weighted by molar-refractivity contribution is 0.798. The Bertz CT molecular complexity index is 827. The van der Waals surface area contributed by atoms with Crippen LogP contribution in [0.4, 0.5) is 5.69 Å². The molecule has 3 aromatic rings. The van der Waals surface area contributed by atoms with Gasteiger partial charge in [0.2, 0.25) is 0 Å². The highest BCUT2D eigenvalue weighted by molar-refractivity contribution is 5.58. The van der Waals surface area contributed by atoms with Gasteiger partial charge in [-0.15, -0.1) is 5.10 Å². The summed E-state index contributed by atoms with van der Waals surface area (Å²) in [7, 11) is 0. The molecule has 0 aliphatic carbocycles. The summed E-state index contributed by atoms with van der Waals surface area (Å²) in [6.07, 6.45) is 1.52. The van der Waals surface area contributed by atoms with Gasteiger partial charge >= 0.3 is 0 Å². The summed E-state index contributed by atoms with van der Waals surface area (Å²) in [4.78, 5) is 12.6. The number of nitrogens with two attached hydrogens (primary N) is 1. The minimum absolute atomic E-state index is 0.294. The second-order valence-electron chi connectivity index (χ2n) is 4.44. The van der Waals surface area contributed by atoms with Crippen LogP contribution in [0.1, 0.15) is 11.4 Å². The quantitative estimate of drug-likeness (QED) is 0.711. The Morgan fingerprint density at radius 3 is 2.67 bits per heavy atom. The molecule has 2 N–H and O–H groups in total. The fourth-order valence-electron chi connectivity index (χ4n) is 1.84. The van der Waals surface area contributed by atoms with Crippen LogP contribution >= 0.6 is 0 Å². The number of nitrogens with zero attached hydrogens (tertiary/aromatic N) is 6. The standard InChI is InChI=1S/C14H11N7/c1-9-6-12(7-15)19-14(18-9)21-8-17-13(20-21)10-2-4-11(16)5-3-10/h2-6,8H,16H2,1H3. The average Bonchev–Trinajstić information content (AvgIpc) is 2.97. The predicted octanol–water partition coefficient (Wildman–Crippen LogP) is 1.49. The summed E-state index contributed by atoms with van der Waals surface area (Å²) in [6.45, 7) is 1.80. The maximum atomic E-state index is 8.95. The Morgan fingerprint density at radius 1 is 1.19 bits per heavy atom. The van der Waals surface area contributed by atoms with E-state index >= 15 is 0 Å². The van der Waals surface area contributed by atoms with Gasteiger partial charge in [-0.25, -0.2) is 15.0 Å². The van der Waals surface area contributed by atoms with Gasteiger partial charge in [-0.05, 0) is 37.3 Å². The lowest BCUT2D eigenvalue weighted by atomic mass is 10.2. The summed E-state index contributed by atoms with van der Waals surface area (Å²) in [6, 6.07) is 10.9. The van der Waals surface area contributed by atoms with Crippen molar-refractivity contribution in [2.75, 3.05) is 5.73 Å². The number of nitrogen functional groups attached to an aromatic ring is 1. The van der Waals surface area contributed by atoms with Gasteiger partial charge in [0.05, 0.1) is 0 Å². The molecule has 102 valence electrons. The van der Waals surface area contributed by atoms with Crippen molar-refractivity contribution in [2.24, 2.45) is 0 Å². The van der Waals surface area contributed by atoms with E-state index in [4.69, 9.17) is 11.0 Å². The molecule has 0 saturated carbocycles. The largest absolute Gasteiger partial charge is 0.399 e. The molecule has 0 spiro atoms. The van der Waals surface area contributed by atoms with Gasteiger partial charge in [0.25, 0.3) is 5.95 Å². The van der Waals surface area contributed by atoms with Crippen molar-refractivity contribution in [3.8, 4) is 23.4 Å². The Kier molecular flexibility index (Phi) is 3.04. The molecule has 0 bridgehead atoms. The zero-order valence-corrected chi connectivity index (χ0v) is 11.2. The molecule has 0 fully saturated rings. The fraction of sp³-hybridized carbons (Fsp3) is 0.0714. The van der Waals surface area contributed by atoms with Crippen molar-refractivity contribution in [2.45, 2.75) is 6.92 Å². The van der Waals surface area contributed by atoms with Gasteiger partial charge in [-0.3, -0.25) is 0 Å². The first-order valence-electron chi connectivity index (χ1n) is 6.19. The van der Waals surface area contributed by atoms with E-state index in [1.165, 1.54) is 11.0 Å². The molecule has 0 atom stereocenters. The van der Waals surface area contributed by atoms with E-state index in [1.807, 2.05) is 18.2 Å². The molecule has 0 amide bonds. The Labute approximate surface area is 120 Å². The molecule has 3 rings (SSSR count). The number of benzene rings is 1. The van der Waals surface area contributed by atoms with Crippen LogP contribution in [0, 0.1) is 18.3 Å². The summed E-state index contributed by atoms with van der Waals surface area (Å²) < 4.78 is 1.44. The summed E-state index contributed by atoms with van der Waals surface area (Å²) in [5, 5.41) is 13.3. The van der Waals surface area contributed by atoms with Gasteiger partial charge < -0.3 is 5.73 Å². The van der Waals surface area contributed by atoms with Crippen molar-refractivity contribution < 1.29 is 0 Å². The van der Waals surface area contributed by atoms with Crippen molar-refractivity contribution in [1.29, 1.82) is 5.26 Å². The molecule has 0 aliphatic heterocycles. The lowest BCUT2D eigenvalue weighted by Crippen LogP contribution is -2.04. The van der Waals surface area contributed by atoms with E-state index in [9.17, 15) is 0 Å². The Morgan fingerprint density at radius 2 is 1.95 bits per heavy atom. The minimum Gasteiger partial charge on any atom is -0.399 e. The third kappa shape index (κ3) is 2.55. The van der Waals surface area contributed by atoms with Gasteiger partial charge in [-0.1, -0.05) is 0 Å². The molecular formula is C14H11N7. The topological polar surface area (TPSA) is 106 Å². The van der Waals surface area contributed by atoms with Crippen LogP contribution in [0.2, 0.25) is 0 Å². The van der Waals surface area contributed by atoms with Gasteiger partial charge in [0.1, 0.15) is 18.1 Å². The number of rotatable bonds is 2. The highest BCUT2D eigenvalue weighted by atomic mass is 15.4. The number of anilines is 1. The predicted molar refractivity (Wildman–Crippen MR) is 76.2 cm³/mol. The van der Waals surface area contributed by atoms with E-state index < -0.39 is 0 Å². The van der Waals surface area contributed by atoms with Crippen LogP contribution in [0.15, 0.2) is 36.7 Å². The molecular weight excluding hydrogens is 266 g/mol. The number of hydrogen-bond acceptors (Lipinski definition) is 6. The van der Waals surface area contributed by atoms with Crippen molar-refractivity contribution in [1.82, 2.24) is 24.7 Å². The van der Waals surface area contributed by atoms with E-state index in [0.717, 1.165) is 5.56 Å². The van der Waals surface area contributed by atoms with Crippen LogP contribution in [0.5, 0.6) is 0 Å². The lowest BCUT2D eigenvalue weighted by Gasteiger charge is -2.00. The maximum Gasteiger partial charge on any atom is 0.253 e. The first kappa shape index (κ1) is 12.7. The van der Waals surface area contributed by atoms with Crippen LogP contribution in [-0.2, 0) is 0 Å². The average molecular weight is 277 g/mol. The van der Waals surface area contributed by atoms with Gasteiger partial charge in [0, 0.05) is 16.9 Å². The monoisotopic (exact) mass is 277 g/mol. The smallest absolute Gasteiger partial charge is 0.253 e. The maximum absolute atomic E-state index is 8.95. The van der Waals surface area contributed by atoms with E-state index in [1.54, 1.807) is 25.1 Å². The third-order valence-corrected chi connectivity index (χ3v) is 2.82. The molecule has 0 unspecified atom stereocenters. The van der Waals surface area contributed by atoms with Gasteiger partial charge in [-0.2, -0.15) is 9.94 Å². The SMILES string of the molecule is Cc1cc(C#N)nc(-n2cnc(-c3ccc(N)cc3)n2)n1. The molecule has 1 aromatic carbocycles. The molecule has 0 saturated heterocycles. The third-order valence-electron chi connectivity index (χ3n) is 2.82. The number of aromatic nitrogens is 5. The van der Waals surface area contributed by atoms with Crippen LogP contribution in [0.25, 0.3) is 17.3 Å². The summed E-state index contributed by atoms with van der Waals surface area (Å²) >= 11 is 0.